The van der Waals surface area contributed by atoms with Crippen molar-refractivity contribution in [1.82, 2.24) is 9.88 Å². The number of carbonyl (C=O) groups excluding carboxylic acids is 1. The van der Waals surface area contributed by atoms with Crippen molar-refractivity contribution in [2.45, 2.75) is 44.8 Å². The summed E-state index contributed by atoms with van der Waals surface area (Å²) in [6.45, 7) is 0.526. The van der Waals surface area contributed by atoms with E-state index in [-0.39, 0.29) is 12.3 Å². The standard InChI is InChI=1S/C18H22N2O2S/c1-20(12-17-19-14-9-5-6-10-16(14)23-17)18(22)11-15(21)13-7-3-2-4-8-13/h2-4,7-8,15,21H,5-6,9-12H2,1H3. The number of fused-ring (bicyclic) bond motifs is 1. The Bertz CT molecular complexity index is 645. The third-order valence-corrected chi connectivity index (χ3v) is 5.38. The van der Waals surface area contributed by atoms with E-state index in [2.05, 4.69) is 4.98 Å². The lowest BCUT2D eigenvalue weighted by atomic mass is 10.0. The number of aliphatic hydroxyl groups excluding tert-OH is 1. The number of rotatable bonds is 5. The first-order chi connectivity index (χ1) is 11.1. The molecule has 122 valence electrons. The number of thiazole rings is 1. The molecule has 1 aromatic heterocycles. The van der Waals surface area contributed by atoms with Gasteiger partial charge in [0.25, 0.3) is 0 Å². The van der Waals surface area contributed by atoms with E-state index < -0.39 is 6.10 Å². The maximum absolute atomic E-state index is 12.3. The van der Waals surface area contributed by atoms with Crippen LogP contribution in [0.2, 0.25) is 0 Å². The lowest BCUT2D eigenvalue weighted by Gasteiger charge is -2.18. The van der Waals surface area contributed by atoms with Crippen LogP contribution in [0.3, 0.4) is 0 Å². The van der Waals surface area contributed by atoms with Gasteiger partial charge < -0.3 is 10.0 Å². The van der Waals surface area contributed by atoms with Crippen molar-refractivity contribution in [3.8, 4) is 0 Å². The maximum atomic E-state index is 12.3. The average molecular weight is 330 g/mol. The van der Waals surface area contributed by atoms with Crippen molar-refractivity contribution in [1.29, 1.82) is 0 Å². The summed E-state index contributed by atoms with van der Waals surface area (Å²) < 4.78 is 0. The SMILES string of the molecule is CN(Cc1nc2c(s1)CCCC2)C(=O)CC(O)c1ccccc1. The van der Waals surface area contributed by atoms with Gasteiger partial charge in [-0.1, -0.05) is 30.3 Å². The van der Waals surface area contributed by atoms with Crippen LogP contribution >= 0.6 is 11.3 Å². The quantitative estimate of drug-likeness (QED) is 0.916. The summed E-state index contributed by atoms with van der Waals surface area (Å²) in [5, 5.41) is 11.2. The minimum Gasteiger partial charge on any atom is -0.388 e. The highest BCUT2D eigenvalue weighted by Gasteiger charge is 2.19. The molecule has 1 atom stereocenters. The van der Waals surface area contributed by atoms with Crippen LogP contribution in [0.4, 0.5) is 0 Å². The van der Waals surface area contributed by atoms with Crippen molar-refractivity contribution in [3.63, 3.8) is 0 Å². The molecule has 0 saturated carbocycles. The van der Waals surface area contributed by atoms with E-state index in [1.165, 1.54) is 23.4 Å². The highest BCUT2D eigenvalue weighted by atomic mass is 32.1. The van der Waals surface area contributed by atoms with Gasteiger partial charge in [0, 0.05) is 11.9 Å². The van der Waals surface area contributed by atoms with Crippen LogP contribution < -0.4 is 0 Å². The number of aryl methyl sites for hydroxylation is 2. The lowest BCUT2D eigenvalue weighted by Crippen LogP contribution is -2.27. The Kier molecular flexibility index (Phi) is 5.08. The number of benzene rings is 1. The molecular formula is C18H22N2O2S. The molecule has 1 heterocycles. The van der Waals surface area contributed by atoms with Gasteiger partial charge in [0.15, 0.2) is 0 Å². The highest BCUT2D eigenvalue weighted by molar-refractivity contribution is 7.11. The minimum absolute atomic E-state index is 0.0606. The summed E-state index contributed by atoms with van der Waals surface area (Å²) in [5.41, 5.74) is 2.00. The van der Waals surface area contributed by atoms with E-state index >= 15 is 0 Å². The molecule has 0 fully saturated rings. The van der Waals surface area contributed by atoms with Gasteiger partial charge in [-0.2, -0.15) is 0 Å². The first-order valence-corrected chi connectivity index (χ1v) is 8.89. The molecule has 23 heavy (non-hydrogen) atoms. The van der Waals surface area contributed by atoms with Crippen molar-refractivity contribution in [3.05, 3.63) is 51.5 Å². The summed E-state index contributed by atoms with van der Waals surface area (Å²) in [4.78, 5) is 20.0. The van der Waals surface area contributed by atoms with Gasteiger partial charge in [-0.25, -0.2) is 4.98 Å². The normalized spacial score (nSPS) is 15.0. The maximum Gasteiger partial charge on any atom is 0.225 e. The summed E-state index contributed by atoms with van der Waals surface area (Å²) >= 11 is 1.73. The minimum atomic E-state index is -0.754. The van der Waals surface area contributed by atoms with E-state index in [1.54, 1.807) is 23.3 Å². The number of hydrogen-bond acceptors (Lipinski definition) is 4. The summed E-state index contributed by atoms with van der Waals surface area (Å²) in [6, 6.07) is 9.31. The lowest BCUT2D eigenvalue weighted by molar-refractivity contribution is -0.132. The molecule has 0 bridgehead atoms. The molecule has 1 amide bonds. The second-order valence-corrected chi connectivity index (χ2v) is 7.23. The molecule has 1 N–H and O–H groups in total. The topological polar surface area (TPSA) is 53.4 Å². The van der Waals surface area contributed by atoms with E-state index in [1.807, 2.05) is 30.3 Å². The fourth-order valence-corrected chi connectivity index (χ4v) is 4.09. The number of nitrogens with zero attached hydrogens (tertiary/aromatic N) is 2. The highest BCUT2D eigenvalue weighted by Crippen LogP contribution is 2.27. The molecule has 1 unspecified atom stereocenters. The zero-order valence-corrected chi connectivity index (χ0v) is 14.2. The van der Waals surface area contributed by atoms with Crippen LogP contribution in [0, 0.1) is 0 Å². The van der Waals surface area contributed by atoms with Crippen molar-refractivity contribution in [2.24, 2.45) is 0 Å². The first-order valence-electron chi connectivity index (χ1n) is 8.08. The van der Waals surface area contributed by atoms with Crippen LogP contribution in [-0.4, -0.2) is 27.9 Å². The second kappa shape index (κ2) is 7.23. The molecule has 1 aromatic carbocycles. The number of hydrogen-bond donors (Lipinski definition) is 1. The third-order valence-electron chi connectivity index (χ3n) is 4.24. The van der Waals surface area contributed by atoms with Crippen molar-refractivity contribution < 1.29 is 9.90 Å². The Hall–Kier alpha value is -1.72. The number of amides is 1. The number of aliphatic hydroxyl groups is 1. The second-order valence-electron chi connectivity index (χ2n) is 6.06. The van der Waals surface area contributed by atoms with Crippen molar-refractivity contribution in [2.75, 3.05) is 7.05 Å². The Morgan fingerprint density at radius 2 is 2.04 bits per heavy atom. The van der Waals surface area contributed by atoms with Gasteiger partial charge >= 0.3 is 0 Å². The van der Waals surface area contributed by atoms with Crippen molar-refractivity contribution >= 4 is 17.2 Å². The molecule has 2 aromatic rings. The third kappa shape index (κ3) is 3.98. The van der Waals surface area contributed by atoms with Gasteiger partial charge in [-0.15, -0.1) is 11.3 Å². The summed E-state index contributed by atoms with van der Waals surface area (Å²) in [5.74, 6) is -0.0606. The summed E-state index contributed by atoms with van der Waals surface area (Å²) in [6.07, 6.45) is 4.00. The molecule has 0 aliphatic heterocycles. The molecule has 0 radical (unpaired) electrons. The number of aromatic nitrogens is 1. The smallest absolute Gasteiger partial charge is 0.225 e. The molecule has 1 aliphatic rings. The van der Waals surface area contributed by atoms with Gasteiger partial charge in [-0.05, 0) is 31.2 Å². The predicted molar refractivity (Wildman–Crippen MR) is 91.2 cm³/mol. The Morgan fingerprint density at radius 1 is 1.30 bits per heavy atom. The first kappa shape index (κ1) is 16.1. The Balaban J connectivity index is 1.58. The molecule has 0 spiro atoms. The van der Waals surface area contributed by atoms with Crippen LogP contribution in [0.25, 0.3) is 0 Å². The average Bonchev–Trinajstić information content (AvgIpc) is 2.97. The predicted octanol–water partition coefficient (Wildman–Crippen LogP) is 3.10. The van der Waals surface area contributed by atoms with E-state index in [4.69, 9.17) is 0 Å². The largest absolute Gasteiger partial charge is 0.388 e. The molecule has 1 aliphatic carbocycles. The van der Waals surface area contributed by atoms with Gasteiger partial charge in [0.05, 0.1) is 24.8 Å². The van der Waals surface area contributed by atoms with E-state index in [0.717, 1.165) is 23.4 Å². The zero-order chi connectivity index (χ0) is 16.2. The molecule has 4 nitrogen and oxygen atoms in total. The molecule has 3 rings (SSSR count). The van der Waals surface area contributed by atoms with Crippen LogP contribution in [-0.2, 0) is 24.2 Å². The Morgan fingerprint density at radius 3 is 2.78 bits per heavy atom. The van der Waals surface area contributed by atoms with E-state index in [0.29, 0.717) is 6.54 Å². The monoisotopic (exact) mass is 330 g/mol. The van der Waals surface area contributed by atoms with Crippen LogP contribution in [0.15, 0.2) is 30.3 Å². The zero-order valence-electron chi connectivity index (χ0n) is 13.4. The fourth-order valence-electron chi connectivity index (χ4n) is 2.88. The van der Waals surface area contributed by atoms with Gasteiger partial charge in [0.2, 0.25) is 5.91 Å². The van der Waals surface area contributed by atoms with E-state index in [9.17, 15) is 9.90 Å². The number of carbonyl (C=O) groups is 1. The Labute approximate surface area is 140 Å². The van der Waals surface area contributed by atoms with Gasteiger partial charge in [-0.3, -0.25) is 4.79 Å². The van der Waals surface area contributed by atoms with Crippen LogP contribution in [0.1, 0.15) is 46.5 Å². The van der Waals surface area contributed by atoms with Gasteiger partial charge in [0.1, 0.15) is 5.01 Å². The molecule has 5 heteroatoms. The summed E-state index contributed by atoms with van der Waals surface area (Å²) in [7, 11) is 1.78. The van der Waals surface area contributed by atoms with Crippen LogP contribution in [0.5, 0.6) is 0 Å². The fraction of sp³-hybridized carbons (Fsp3) is 0.444. The molecule has 0 saturated heterocycles. The molecular weight excluding hydrogens is 308 g/mol.